The molecule has 3 heteroatoms. The van der Waals surface area contributed by atoms with E-state index in [9.17, 15) is 0 Å². The van der Waals surface area contributed by atoms with Crippen LogP contribution in [0.3, 0.4) is 0 Å². The Balaban J connectivity index is 2.01. The average molecular weight is 242 g/mol. The Labute approximate surface area is 105 Å². The van der Waals surface area contributed by atoms with Gasteiger partial charge in [0.25, 0.3) is 0 Å². The van der Waals surface area contributed by atoms with Crippen molar-refractivity contribution in [1.29, 1.82) is 0 Å². The first-order valence-electron chi connectivity index (χ1n) is 5.97. The molecule has 1 aromatic carbocycles. The Morgan fingerprint density at radius 1 is 1.18 bits per heavy atom. The first-order valence-corrected chi connectivity index (χ1v) is 6.79. The van der Waals surface area contributed by atoms with Crippen molar-refractivity contribution in [3.8, 4) is 0 Å². The highest BCUT2D eigenvalue weighted by Gasteiger charge is 2.41. The Kier molecular flexibility index (Phi) is 1.71. The Morgan fingerprint density at radius 3 is 2.88 bits per heavy atom. The minimum atomic E-state index is 0.487. The minimum absolute atomic E-state index is 0.487. The van der Waals surface area contributed by atoms with Crippen molar-refractivity contribution in [3.05, 3.63) is 42.2 Å². The van der Waals surface area contributed by atoms with Gasteiger partial charge in [-0.1, -0.05) is 25.1 Å². The molecule has 0 amide bonds. The van der Waals surface area contributed by atoms with Crippen LogP contribution in [0.1, 0.15) is 18.4 Å². The van der Waals surface area contributed by atoms with Gasteiger partial charge in [0.2, 0.25) is 0 Å². The highest BCUT2D eigenvalue weighted by Crippen LogP contribution is 2.52. The fraction of sp³-hybridized carbons (Fsp3) is 0.286. The summed E-state index contributed by atoms with van der Waals surface area (Å²) in [6, 6.07) is 8.75. The van der Waals surface area contributed by atoms with Crippen LogP contribution >= 0.6 is 11.3 Å². The lowest BCUT2D eigenvalue weighted by Gasteiger charge is -2.26. The Bertz CT molecular complexity index is 628. The summed E-state index contributed by atoms with van der Waals surface area (Å²) in [5, 5.41) is 2.88. The second-order valence-electron chi connectivity index (χ2n) is 4.89. The molecule has 0 spiro atoms. The van der Waals surface area contributed by atoms with Crippen molar-refractivity contribution in [2.75, 3.05) is 11.9 Å². The number of hydrogen-bond donors (Lipinski definition) is 0. The predicted molar refractivity (Wildman–Crippen MR) is 73.4 cm³/mol. The molecule has 2 unspecified atom stereocenters. The molecule has 2 aliphatic heterocycles. The van der Waals surface area contributed by atoms with Crippen LogP contribution in [0.2, 0.25) is 0 Å². The van der Waals surface area contributed by atoms with Crippen LogP contribution in [0.4, 0.5) is 5.00 Å². The lowest BCUT2D eigenvalue weighted by atomic mass is 10.00. The molecule has 4 rings (SSSR count). The van der Waals surface area contributed by atoms with Crippen LogP contribution in [-0.2, 0) is 0 Å². The molecule has 2 aliphatic rings. The van der Waals surface area contributed by atoms with Gasteiger partial charge in [0.1, 0.15) is 11.2 Å². The third kappa shape index (κ3) is 1.05. The number of fused-ring (bicyclic) bond motifs is 5. The molecule has 0 aliphatic carbocycles. The molecular weight excluding hydrogens is 228 g/mol. The molecule has 0 bridgehead atoms. The summed E-state index contributed by atoms with van der Waals surface area (Å²) in [5.74, 6) is 0.571. The van der Waals surface area contributed by atoms with Gasteiger partial charge in [0, 0.05) is 35.6 Å². The van der Waals surface area contributed by atoms with Crippen molar-refractivity contribution in [2.24, 2.45) is 0 Å². The molecule has 3 heterocycles. The van der Waals surface area contributed by atoms with Crippen molar-refractivity contribution in [2.45, 2.75) is 19.0 Å². The van der Waals surface area contributed by atoms with Gasteiger partial charge in [0.05, 0.1) is 0 Å². The molecule has 2 aromatic rings. The zero-order chi connectivity index (χ0) is 11.6. The van der Waals surface area contributed by atoms with E-state index < -0.39 is 0 Å². The van der Waals surface area contributed by atoms with Gasteiger partial charge in [-0.2, -0.15) is 0 Å². The number of benzene rings is 1. The van der Waals surface area contributed by atoms with Crippen molar-refractivity contribution in [3.63, 3.8) is 0 Å². The van der Waals surface area contributed by atoms with Gasteiger partial charge in [-0.25, -0.2) is 0 Å². The molecule has 0 saturated heterocycles. The van der Waals surface area contributed by atoms with E-state index in [1.165, 1.54) is 20.7 Å². The van der Waals surface area contributed by atoms with E-state index in [4.69, 9.17) is 0 Å². The maximum atomic E-state index is 2.42. The number of likely N-dealkylation sites (N-methyl/N-ethyl adjacent to an activating group) is 1. The van der Waals surface area contributed by atoms with E-state index in [-0.39, 0.29) is 0 Å². The quantitative estimate of drug-likeness (QED) is 0.697. The summed E-state index contributed by atoms with van der Waals surface area (Å²) in [7, 11) is 2.16. The predicted octanol–water partition coefficient (Wildman–Crippen LogP) is 3.57. The smallest absolute Gasteiger partial charge is 0.113 e. The molecular formula is C14H14N2S. The number of rotatable bonds is 0. The van der Waals surface area contributed by atoms with E-state index >= 15 is 0 Å². The van der Waals surface area contributed by atoms with Crippen molar-refractivity contribution in [1.82, 2.24) is 4.90 Å². The summed E-state index contributed by atoms with van der Waals surface area (Å²) in [6.45, 7) is 2.34. The van der Waals surface area contributed by atoms with Gasteiger partial charge in [0.15, 0.2) is 0 Å². The Morgan fingerprint density at radius 2 is 2.00 bits per heavy atom. The van der Waals surface area contributed by atoms with Gasteiger partial charge in [-0.05, 0) is 11.5 Å². The van der Waals surface area contributed by atoms with Gasteiger partial charge in [-0.3, -0.25) is 0 Å². The molecule has 0 radical (unpaired) electrons. The summed E-state index contributed by atoms with van der Waals surface area (Å²) >= 11 is 1.92. The van der Waals surface area contributed by atoms with Crippen LogP contribution in [0.15, 0.2) is 36.7 Å². The summed E-state index contributed by atoms with van der Waals surface area (Å²) in [6.07, 6.45) is 4.87. The standard InChI is InChI=1S/C14H14N2S/c1-9-12-10-5-3-4-6-11(10)17-14(12)16-8-7-15(2)13(9)16/h3-9,13H,1-2H3. The maximum Gasteiger partial charge on any atom is 0.113 e. The van der Waals surface area contributed by atoms with Crippen molar-refractivity contribution < 1.29 is 0 Å². The van der Waals surface area contributed by atoms with Gasteiger partial charge in [-0.15, -0.1) is 11.3 Å². The molecule has 86 valence electrons. The van der Waals surface area contributed by atoms with E-state index in [0.717, 1.165) is 0 Å². The maximum absolute atomic E-state index is 2.42. The first-order chi connectivity index (χ1) is 8.27. The number of thiophene rings is 1. The first kappa shape index (κ1) is 9.54. The van der Waals surface area contributed by atoms with E-state index in [2.05, 4.69) is 60.4 Å². The van der Waals surface area contributed by atoms with Crippen LogP contribution in [0.5, 0.6) is 0 Å². The average Bonchev–Trinajstić information content (AvgIpc) is 2.94. The van der Waals surface area contributed by atoms with Crippen LogP contribution in [0.25, 0.3) is 10.1 Å². The van der Waals surface area contributed by atoms with Crippen LogP contribution < -0.4 is 4.90 Å². The van der Waals surface area contributed by atoms with Crippen LogP contribution in [0, 0.1) is 0 Å². The summed E-state index contributed by atoms with van der Waals surface area (Å²) in [4.78, 5) is 4.73. The molecule has 0 saturated carbocycles. The molecule has 2 atom stereocenters. The van der Waals surface area contributed by atoms with Crippen molar-refractivity contribution >= 4 is 26.4 Å². The summed E-state index contributed by atoms with van der Waals surface area (Å²) < 4.78 is 1.41. The highest BCUT2D eigenvalue weighted by atomic mass is 32.1. The molecule has 0 N–H and O–H groups in total. The van der Waals surface area contributed by atoms with E-state index in [1.54, 1.807) is 0 Å². The Hall–Kier alpha value is -1.48. The second kappa shape index (κ2) is 3.05. The summed E-state index contributed by atoms with van der Waals surface area (Å²) in [5.41, 5.74) is 1.53. The zero-order valence-electron chi connectivity index (χ0n) is 9.92. The van der Waals surface area contributed by atoms with E-state index in [0.29, 0.717) is 12.1 Å². The zero-order valence-corrected chi connectivity index (χ0v) is 10.7. The number of nitrogens with zero attached hydrogens (tertiary/aromatic N) is 2. The number of hydrogen-bond acceptors (Lipinski definition) is 3. The lowest BCUT2D eigenvalue weighted by molar-refractivity contribution is 0.334. The SMILES string of the molecule is CC1c2c(sc3ccccc23)N2C=CN(C)C12. The second-order valence-corrected chi connectivity index (χ2v) is 5.92. The normalized spacial score (nSPS) is 25.8. The fourth-order valence-electron chi connectivity index (χ4n) is 3.16. The molecule has 0 fully saturated rings. The topological polar surface area (TPSA) is 6.48 Å². The van der Waals surface area contributed by atoms with Gasteiger partial charge >= 0.3 is 0 Å². The van der Waals surface area contributed by atoms with Gasteiger partial charge < -0.3 is 9.80 Å². The molecule has 2 nitrogen and oxygen atoms in total. The monoisotopic (exact) mass is 242 g/mol. The largest absolute Gasteiger partial charge is 0.358 e. The lowest BCUT2D eigenvalue weighted by Crippen LogP contribution is -2.35. The molecule has 17 heavy (non-hydrogen) atoms. The number of anilines is 1. The third-order valence-corrected chi connectivity index (χ3v) is 5.12. The molecule has 1 aromatic heterocycles. The third-order valence-electron chi connectivity index (χ3n) is 3.92. The highest BCUT2D eigenvalue weighted by molar-refractivity contribution is 7.23. The van der Waals surface area contributed by atoms with Crippen LogP contribution in [-0.4, -0.2) is 18.1 Å². The fourth-order valence-corrected chi connectivity index (χ4v) is 4.49. The minimum Gasteiger partial charge on any atom is -0.358 e. The van der Waals surface area contributed by atoms with E-state index in [1.807, 2.05) is 11.3 Å².